The number of hydrogen-bond acceptors (Lipinski definition) is 3. The molecule has 1 heterocycles. The molecule has 0 atom stereocenters. The van der Waals surface area contributed by atoms with E-state index in [2.05, 4.69) is 15.9 Å². The number of anilines is 1. The first-order valence-corrected chi connectivity index (χ1v) is 6.29. The van der Waals surface area contributed by atoms with Gasteiger partial charge in [-0.1, -0.05) is 0 Å². The van der Waals surface area contributed by atoms with Crippen LogP contribution in [0, 0.1) is 0 Å². The Bertz CT molecular complexity index is 578. The summed E-state index contributed by atoms with van der Waals surface area (Å²) >= 11 is 3.33. The Labute approximate surface area is 113 Å². The number of nitrogen functional groups attached to an aromatic ring is 1. The molecule has 1 aromatic carbocycles. The second-order valence-electron chi connectivity index (χ2n) is 3.80. The first kappa shape index (κ1) is 12.7. The van der Waals surface area contributed by atoms with Crippen molar-refractivity contribution in [3.8, 4) is 5.75 Å². The second kappa shape index (κ2) is 5.73. The van der Waals surface area contributed by atoms with E-state index in [-0.39, 0.29) is 5.56 Å². The molecule has 0 radical (unpaired) electrons. The minimum absolute atomic E-state index is 0.0425. The van der Waals surface area contributed by atoms with Crippen molar-refractivity contribution in [1.29, 1.82) is 0 Å². The van der Waals surface area contributed by atoms with Crippen LogP contribution >= 0.6 is 15.9 Å². The summed E-state index contributed by atoms with van der Waals surface area (Å²) in [5, 5.41) is 0. The molecule has 0 saturated carbocycles. The number of aromatic nitrogens is 1. The van der Waals surface area contributed by atoms with Crippen molar-refractivity contribution in [2.45, 2.75) is 6.54 Å². The summed E-state index contributed by atoms with van der Waals surface area (Å²) in [6.07, 6.45) is 1.74. The summed E-state index contributed by atoms with van der Waals surface area (Å²) < 4.78 is 8.00. The molecule has 0 aliphatic carbocycles. The van der Waals surface area contributed by atoms with Crippen LogP contribution in [0.15, 0.2) is 51.9 Å². The molecule has 2 aromatic rings. The maximum Gasteiger partial charge on any atom is 0.250 e. The van der Waals surface area contributed by atoms with E-state index in [1.807, 2.05) is 0 Å². The quantitative estimate of drug-likeness (QED) is 0.882. The van der Waals surface area contributed by atoms with Gasteiger partial charge in [0.1, 0.15) is 12.4 Å². The number of benzene rings is 1. The molecule has 94 valence electrons. The zero-order valence-electron chi connectivity index (χ0n) is 9.67. The number of rotatable bonds is 4. The molecule has 0 amide bonds. The summed E-state index contributed by atoms with van der Waals surface area (Å²) in [5.41, 5.74) is 6.23. The largest absolute Gasteiger partial charge is 0.492 e. The summed E-state index contributed by atoms with van der Waals surface area (Å²) in [7, 11) is 0. The lowest BCUT2D eigenvalue weighted by molar-refractivity contribution is 0.296. The predicted octanol–water partition coefficient (Wildman–Crippen LogP) is 2.27. The fraction of sp³-hybridized carbons (Fsp3) is 0.154. The molecule has 5 heteroatoms. The van der Waals surface area contributed by atoms with Gasteiger partial charge >= 0.3 is 0 Å². The van der Waals surface area contributed by atoms with Crippen molar-refractivity contribution in [2.75, 3.05) is 12.3 Å². The normalized spacial score (nSPS) is 10.3. The Morgan fingerprint density at radius 1 is 1.17 bits per heavy atom. The standard InChI is InChI=1S/C13H13BrN2O2/c14-10-1-6-13(17)16(9-10)7-8-18-12-4-2-11(15)3-5-12/h1-6,9H,7-8,15H2. The van der Waals surface area contributed by atoms with Crippen LogP contribution in [0.5, 0.6) is 5.75 Å². The lowest BCUT2D eigenvalue weighted by Gasteiger charge is -2.08. The molecule has 18 heavy (non-hydrogen) atoms. The van der Waals surface area contributed by atoms with Gasteiger partial charge in [-0.25, -0.2) is 0 Å². The number of ether oxygens (including phenoxy) is 1. The number of hydrogen-bond donors (Lipinski definition) is 1. The Morgan fingerprint density at radius 2 is 1.89 bits per heavy atom. The molecule has 2 N–H and O–H groups in total. The maximum absolute atomic E-state index is 11.5. The van der Waals surface area contributed by atoms with Gasteiger partial charge in [0.2, 0.25) is 0 Å². The van der Waals surface area contributed by atoms with E-state index in [0.29, 0.717) is 18.8 Å². The van der Waals surface area contributed by atoms with Crippen LogP contribution in [-0.4, -0.2) is 11.2 Å². The smallest absolute Gasteiger partial charge is 0.250 e. The van der Waals surface area contributed by atoms with Crippen molar-refractivity contribution >= 4 is 21.6 Å². The number of nitrogens with two attached hydrogens (primary N) is 1. The zero-order chi connectivity index (χ0) is 13.0. The van der Waals surface area contributed by atoms with E-state index in [4.69, 9.17) is 10.5 Å². The van der Waals surface area contributed by atoms with Crippen molar-refractivity contribution in [3.05, 3.63) is 57.4 Å². The molecule has 0 fully saturated rings. The lowest BCUT2D eigenvalue weighted by atomic mass is 10.3. The van der Waals surface area contributed by atoms with Gasteiger partial charge in [0, 0.05) is 22.4 Å². The Hall–Kier alpha value is -1.75. The van der Waals surface area contributed by atoms with Crippen molar-refractivity contribution in [2.24, 2.45) is 0 Å². The molecular formula is C13H13BrN2O2. The van der Waals surface area contributed by atoms with Gasteiger partial charge in [0.25, 0.3) is 5.56 Å². The van der Waals surface area contributed by atoms with Gasteiger partial charge in [-0.15, -0.1) is 0 Å². The molecule has 0 aliphatic heterocycles. The van der Waals surface area contributed by atoms with E-state index in [0.717, 1.165) is 10.2 Å². The highest BCUT2D eigenvalue weighted by atomic mass is 79.9. The van der Waals surface area contributed by atoms with E-state index < -0.39 is 0 Å². The van der Waals surface area contributed by atoms with Crippen LogP contribution in [-0.2, 0) is 6.54 Å². The number of nitrogens with zero attached hydrogens (tertiary/aromatic N) is 1. The van der Waals surface area contributed by atoms with E-state index in [9.17, 15) is 4.79 Å². The van der Waals surface area contributed by atoms with Crippen LogP contribution < -0.4 is 16.0 Å². The fourth-order valence-electron chi connectivity index (χ4n) is 1.50. The summed E-state index contributed by atoms with van der Waals surface area (Å²) in [5.74, 6) is 0.743. The molecule has 1 aromatic heterocycles. The average Bonchev–Trinajstić information content (AvgIpc) is 2.36. The van der Waals surface area contributed by atoms with Crippen LogP contribution in [0.3, 0.4) is 0 Å². The average molecular weight is 309 g/mol. The van der Waals surface area contributed by atoms with Crippen molar-refractivity contribution in [1.82, 2.24) is 4.57 Å². The topological polar surface area (TPSA) is 57.2 Å². The molecule has 0 saturated heterocycles. The molecule has 4 nitrogen and oxygen atoms in total. The van der Waals surface area contributed by atoms with Gasteiger partial charge in [-0.05, 0) is 46.3 Å². The molecule has 0 spiro atoms. The Morgan fingerprint density at radius 3 is 2.61 bits per heavy atom. The number of halogens is 1. The molecule has 0 aliphatic rings. The van der Waals surface area contributed by atoms with Gasteiger partial charge in [-0.2, -0.15) is 0 Å². The highest BCUT2D eigenvalue weighted by Gasteiger charge is 1.98. The first-order chi connectivity index (χ1) is 8.65. The third-order valence-electron chi connectivity index (χ3n) is 2.43. The van der Waals surface area contributed by atoms with Gasteiger partial charge in [0.05, 0.1) is 6.54 Å². The highest BCUT2D eigenvalue weighted by molar-refractivity contribution is 9.10. The van der Waals surface area contributed by atoms with Crippen LogP contribution in [0.2, 0.25) is 0 Å². The number of pyridine rings is 1. The third-order valence-corrected chi connectivity index (χ3v) is 2.90. The van der Waals surface area contributed by atoms with Crippen LogP contribution in [0.25, 0.3) is 0 Å². The first-order valence-electron chi connectivity index (χ1n) is 5.49. The Kier molecular flexibility index (Phi) is 4.04. The van der Waals surface area contributed by atoms with E-state index >= 15 is 0 Å². The molecule has 0 unspecified atom stereocenters. The van der Waals surface area contributed by atoms with Gasteiger partial charge in [0.15, 0.2) is 0 Å². The van der Waals surface area contributed by atoms with E-state index in [1.165, 1.54) is 6.07 Å². The fourth-order valence-corrected chi connectivity index (χ4v) is 1.88. The van der Waals surface area contributed by atoms with Crippen molar-refractivity contribution in [3.63, 3.8) is 0 Å². The predicted molar refractivity (Wildman–Crippen MR) is 74.8 cm³/mol. The minimum atomic E-state index is -0.0425. The van der Waals surface area contributed by atoms with E-state index in [1.54, 1.807) is 41.1 Å². The van der Waals surface area contributed by atoms with Crippen molar-refractivity contribution < 1.29 is 4.74 Å². The van der Waals surface area contributed by atoms with Gasteiger partial charge < -0.3 is 15.0 Å². The Balaban J connectivity index is 1.94. The monoisotopic (exact) mass is 308 g/mol. The third kappa shape index (κ3) is 3.37. The summed E-state index contributed by atoms with van der Waals surface area (Å²) in [6.45, 7) is 0.933. The second-order valence-corrected chi connectivity index (χ2v) is 4.71. The molecule has 2 rings (SSSR count). The van der Waals surface area contributed by atoms with Crippen LogP contribution in [0.1, 0.15) is 0 Å². The maximum atomic E-state index is 11.5. The summed E-state index contributed by atoms with van der Waals surface area (Å²) in [6, 6.07) is 10.4. The zero-order valence-corrected chi connectivity index (χ0v) is 11.3. The summed E-state index contributed by atoms with van der Waals surface area (Å²) in [4.78, 5) is 11.5. The SMILES string of the molecule is Nc1ccc(OCCn2cc(Br)ccc2=O)cc1. The lowest BCUT2D eigenvalue weighted by Crippen LogP contribution is -2.21. The van der Waals surface area contributed by atoms with Crippen LogP contribution in [0.4, 0.5) is 5.69 Å². The highest BCUT2D eigenvalue weighted by Crippen LogP contribution is 2.13. The minimum Gasteiger partial charge on any atom is -0.492 e. The molecule has 0 bridgehead atoms. The molecular weight excluding hydrogens is 296 g/mol. The van der Waals surface area contributed by atoms with Gasteiger partial charge in [-0.3, -0.25) is 4.79 Å².